The van der Waals surface area contributed by atoms with Crippen LogP contribution in [0.3, 0.4) is 0 Å². The van der Waals surface area contributed by atoms with Crippen LogP contribution >= 0.6 is 15.9 Å². The van der Waals surface area contributed by atoms with Crippen LogP contribution in [-0.2, 0) is 0 Å². The summed E-state index contributed by atoms with van der Waals surface area (Å²) in [5, 5.41) is 0.965. The molecule has 3 rings (SSSR count). The van der Waals surface area contributed by atoms with Gasteiger partial charge in [-0.3, -0.25) is 4.79 Å². The van der Waals surface area contributed by atoms with Crippen molar-refractivity contribution in [1.82, 2.24) is 4.90 Å². The number of carbonyl (C=O) groups excluding carboxylic acids is 1. The van der Waals surface area contributed by atoms with Gasteiger partial charge in [0.05, 0.1) is 0 Å². The molecule has 0 aliphatic carbocycles. The minimum Gasteiger partial charge on any atom is -0.451 e. The first-order valence-corrected chi connectivity index (χ1v) is 7.52. The van der Waals surface area contributed by atoms with Gasteiger partial charge in [-0.05, 0) is 37.1 Å². The number of hydrogen-bond donors (Lipinski definition) is 0. The summed E-state index contributed by atoms with van der Waals surface area (Å²) in [6, 6.07) is 7.62. The van der Waals surface area contributed by atoms with Crippen molar-refractivity contribution in [1.29, 1.82) is 0 Å². The van der Waals surface area contributed by atoms with Gasteiger partial charge in [0.25, 0.3) is 5.91 Å². The van der Waals surface area contributed by atoms with Crippen LogP contribution in [0.5, 0.6) is 0 Å². The highest BCUT2D eigenvalue weighted by molar-refractivity contribution is 9.10. The van der Waals surface area contributed by atoms with E-state index in [1.165, 1.54) is 12.8 Å². The van der Waals surface area contributed by atoms with Gasteiger partial charge in [0, 0.05) is 22.9 Å². The predicted octanol–water partition coefficient (Wildman–Crippen LogP) is 4.21. The first-order valence-electron chi connectivity index (χ1n) is 6.72. The second-order valence-corrected chi connectivity index (χ2v) is 5.91. The van der Waals surface area contributed by atoms with Crippen LogP contribution in [0.25, 0.3) is 11.0 Å². The number of carbonyl (C=O) groups is 1. The summed E-state index contributed by atoms with van der Waals surface area (Å²) in [4.78, 5) is 14.3. The zero-order chi connectivity index (χ0) is 13.2. The van der Waals surface area contributed by atoms with Crippen molar-refractivity contribution >= 4 is 32.8 Å². The fourth-order valence-electron chi connectivity index (χ4n) is 2.55. The molecule has 0 unspecified atom stereocenters. The molecule has 0 bridgehead atoms. The van der Waals surface area contributed by atoms with Crippen LogP contribution in [0.2, 0.25) is 0 Å². The molecule has 3 nitrogen and oxygen atoms in total. The Bertz CT molecular complexity index is 597. The molecule has 1 saturated heterocycles. The largest absolute Gasteiger partial charge is 0.451 e. The molecule has 0 N–H and O–H groups in total. The highest BCUT2D eigenvalue weighted by Crippen LogP contribution is 2.24. The average molecular weight is 322 g/mol. The Kier molecular flexibility index (Phi) is 3.60. The van der Waals surface area contributed by atoms with Gasteiger partial charge in [0.15, 0.2) is 5.76 Å². The number of amides is 1. The lowest BCUT2D eigenvalue weighted by Gasteiger charge is -2.18. The van der Waals surface area contributed by atoms with Crippen molar-refractivity contribution < 1.29 is 9.21 Å². The van der Waals surface area contributed by atoms with E-state index < -0.39 is 0 Å². The van der Waals surface area contributed by atoms with Gasteiger partial charge >= 0.3 is 0 Å². The Morgan fingerprint density at radius 2 is 1.84 bits per heavy atom. The van der Waals surface area contributed by atoms with Gasteiger partial charge in [-0.25, -0.2) is 0 Å². The average Bonchev–Trinajstić information content (AvgIpc) is 2.64. The molecule has 1 aliphatic heterocycles. The lowest BCUT2D eigenvalue weighted by atomic mass is 10.2. The quantitative estimate of drug-likeness (QED) is 0.788. The number of hydrogen-bond acceptors (Lipinski definition) is 2. The fraction of sp³-hybridized carbons (Fsp3) is 0.400. The van der Waals surface area contributed by atoms with Crippen LogP contribution in [0.1, 0.15) is 36.2 Å². The van der Waals surface area contributed by atoms with Gasteiger partial charge in [-0.1, -0.05) is 28.8 Å². The summed E-state index contributed by atoms with van der Waals surface area (Å²) in [6.07, 6.45) is 4.63. The number of furan rings is 1. The first kappa shape index (κ1) is 12.7. The zero-order valence-electron chi connectivity index (χ0n) is 10.7. The molecule has 0 atom stereocenters. The van der Waals surface area contributed by atoms with E-state index in [2.05, 4.69) is 15.9 Å². The summed E-state index contributed by atoms with van der Waals surface area (Å²) in [5.74, 6) is 0.476. The first-order chi connectivity index (χ1) is 9.24. The van der Waals surface area contributed by atoms with E-state index in [0.717, 1.165) is 41.4 Å². The smallest absolute Gasteiger partial charge is 0.289 e. The molecule has 2 heterocycles. The lowest BCUT2D eigenvalue weighted by molar-refractivity contribution is 0.0732. The predicted molar refractivity (Wildman–Crippen MR) is 78.3 cm³/mol. The Balaban J connectivity index is 1.88. The SMILES string of the molecule is O=C(c1cc2cc(Br)ccc2o1)N1CCCCCC1. The number of likely N-dealkylation sites (tertiary alicyclic amines) is 1. The molecule has 1 amide bonds. The van der Waals surface area contributed by atoms with Crippen molar-refractivity contribution in [3.05, 3.63) is 34.5 Å². The van der Waals surface area contributed by atoms with Gasteiger partial charge in [-0.15, -0.1) is 0 Å². The molecule has 0 saturated carbocycles. The zero-order valence-corrected chi connectivity index (χ0v) is 12.3. The third-order valence-electron chi connectivity index (χ3n) is 3.58. The number of nitrogens with zero attached hydrogens (tertiary/aromatic N) is 1. The maximum atomic E-state index is 12.4. The van der Waals surface area contributed by atoms with Crippen LogP contribution in [0, 0.1) is 0 Å². The Morgan fingerprint density at radius 3 is 2.58 bits per heavy atom. The van der Waals surface area contributed by atoms with Gasteiger partial charge in [0.1, 0.15) is 5.58 Å². The highest BCUT2D eigenvalue weighted by Gasteiger charge is 2.20. The van der Waals surface area contributed by atoms with Crippen LogP contribution in [-0.4, -0.2) is 23.9 Å². The van der Waals surface area contributed by atoms with E-state index in [1.807, 2.05) is 29.2 Å². The molecule has 0 spiro atoms. The van der Waals surface area contributed by atoms with Crippen LogP contribution in [0.15, 0.2) is 33.2 Å². The van der Waals surface area contributed by atoms with E-state index in [9.17, 15) is 4.79 Å². The molecule has 1 aliphatic rings. The van der Waals surface area contributed by atoms with E-state index in [-0.39, 0.29) is 5.91 Å². The minimum absolute atomic E-state index is 0.0224. The van der Waals surface area contributed by atoms with Crippen molar-refractivity contribution in [3.63, 3.8) is 0 Å². The molecule has 19 heavy (non-hydrogen) atoms. The summed E-state index contributed by atoms with van der Waals surface area (Å²) < 4.78 is 6.66. The normalized spacial score (nSPS) is 16.6. The molecule has 2 aromatic rings. The molecule has 1 fully saturated rings. The minimum atomic E-state index is 0.0224. The van der Waals surface area contributed by atoms with E-state index in [0.29, 0.717) is 5.76 Å². The van der Waals surface area contributed by atoms with Crippen LogP contribution < -0.4 is 0 Å². The molecular weight excluding hydrogens is 306 g/mol. The summed E-state index contributed by atoms with van der Waals surface area (Å²) >= 11 is 3.43. The summed E-state index contributed by atoms with van der Waals surface area (Å²) in [7, 11) is 0. The lowest BCUT2D eigenvalue weighted by Crippen LogP contribution is -2.31. The second-order valence-electron chi connectivity index (χ2n) is 5.00. The third kappa shape index (κ3) is 2.68. The Hall–Kier alpha value is -1.29. The summed E-state index contributed by atoms with van der Waals surface area (Å²) in [5.41, 5.74) is 0.765. The van der Waals surface area contributed by atoms with Gasteiger partial charge < -0.3 is 9.32 Å². The maximum absolute atomic E-state index is 12.4. The van der Waals surface area contributed by atoms with Crippen molar-refractivity contribution in [2.75, 3.05) is 13.1 Å². The number of fused-ring (bicyclic) bond motifs is 1. The third-order valence-corrected chi connectivity index (χ3v) is 4.08. The van der Waals surface area contributed by atoms with Gasteiger partial charge in [-0.2, -0.15) is 0 Å². The molecule has 1 aromatic heterocycles. The molecule has 1 aromatic carbocycles. The van der Waals surface area contributed by atoms with E-state index in [4.69, 9.17) is 4.42 Å². The van der Waals surface area contributed by atoms with E-state index >= 15 is 0 Å². The molecule has 100 valence electrons. The van der Waals surface area contributed by atoms with E-state index in [1.54, 1.807) is 0 Å². The van der Waals surface area contributed by atoms with Gasteiger partial charge in [0.2, 0.25) is 0 Å². The van der Waals surface area contributed by atoms with Crippen molar-refractivity contribution in [2.24, 2.45) is 0 Å². The number of benzene rings is 1. The highest BCUT2D eigenvalue weighted by atomic mass is 79.9. The summed E-state index contributed by atoms with van der Waals surface area (Å²) in [6.45, 7) is 1.69. The maximum Gasteiger partial charge on any atom is 0.289 e. The number of halogens is 1. The van der Waals surface area contributed by atoms with Crippen molar-refractivity contribution in [3.8, 4) is 0 Å². The number of rotatable bonds is 1. The molecule has 0 radical (unpaired) electrons. The monoisotopic (exact) mass is 321 g/mol. The second kappa shape index (κ2) is 5.37. The topological polar surface area (TPSA) is 33.5 Å². The van der Waals surface area contributed by atoms with Crippen molar-refractivity contribution in [2.45, 2.75) is 25.7 Å². The standard InChI is InChI=1S/C15H16BrNO2/c16-12-5-6-13-11(9-12)10-14(19-13)15(18)17-7-3-1-2-4-8-17/h5-6,9-10H,1-4,7-8H2. The van der Waals surface area contributed by atoms with Crippen LogP contribution in [0.4, 0.5) is 0 Å². The molecular formula is C15H16BrNO2. The Labute approximate surface area is 120 Å². The molecule has 4 heteroatoms. The fourth-order valence-corrected chi connectivity index (χ4v) is 2.93. The Morgan fingerprint density at radius 1 is 1.11 bits per heavy atom.